The average molecular weight is 350 g/mol. The second kappa shape index (κ2) is 7.55. The van der Waals surface area contributed by atoms with Crippen molar-refractivity contribution in [3.05, 3.63) is 35.0 Å². The van der Waals surface area contributed by atoms with E-state index in [1.165, 1.54) is 5.56 Å². The van der Waals surface area contributed by atoms with Gasteiger partial charge in [0.1, 0.15) is 0 Å². The molecule has 0 aliphatic carbocycles. The summed E-state index contributed by atoms with van der Waals surface area (Å²) in [5.41, 5.74) is 1.83. The number of ether oxygens (including phenoxy) is 1. The lowest BCUT2D eigenvalue weighted by molar-refractivity contribution is -0.136. The van der Waals surface area contributed by atoms with Crippen LogP contribution in [0.4, 0.5) is 0 Å². The number of carbonyl (C=O) groups is 1. The zero-order valence-corrected chi connectivity index (χ0v) is 14.7. The molecule has 0 spiro atoms. The summed E-state index contributed by atoms with van der Waals surface area (Å²) in [6.07, 6.45) is 4.39. The standard InChI is InChI=1S/C18H24ClN3O2/c1-24-12-18(5-8-20-9-6-18)17(23)21-7-4-13-11-22-16-3-2-14(19)10-15(13)16/h2-3,10-11,20,22H,4-9,12H2,1H3,(H,21,23). The van der Waals surface area contributed by atoms with Gasteiger partial charge in [0.25, 0.3) is 0 Å². The third kappa shape index (κ3) is 3.58. The molecular weight excluding hydrogens is 326 g/mol. The van der Waals surface area contributed by atoms with Crippen molar-refractivity contribution < 1.29 is 9.53 Å². The molecule has 0 atom stereocenters. The Morgan fingerprint density at radius 1 is 1.38 bits per heavy atom. The van der Waals surface area contributed by atoms with Crippen LogP contribution in [-0.2, 0) is 16.0 Å². The Hall–Kier alpha value is -1.56. The summed E-state index contributed by atoms with van der Waals surface area (Å²) in [6, 6.07) is 5.81. The number of hydrogen-bond acceptors (Lipinski definition) is 3. The van der Waals surface area contributed by atoms with E-state index in [4.69, 9.17) is 16.3 Å². The number of rotatable bonds is 6. The first-order valence-electron chi connectivity index (χ1n) is 8.38. The molecule has 1 aromatic heterocycles. The van der Waals surface area contributed by atoms with Gasteiger partial charge in [-0.2, -0.15) is 0 Å². The molecule has 0 saturated carbocycles. The molecule has 1 aromatic carbocycles. The summed E-state index contributed by atoms with van der Waals surface area (Å²) in [5, 5.41) is 8.25. The zero-order chi connectivity index (χ0) is 17.0. The molecular formula is C18H24ClN3O2. The van der Waals surface area contributed by atoms with Crippen LogP contribution in [-0.4, -0.2) is 44.2 Å². The van der Waals surface area contributed by atoms with E-state index in [0.717, 1.165) is 48.3 Å². The molecule has 0 bridgehead atoms. The van der Waals surface area contributed by atoms with Crippen molar-refractivity contribution in [1.29, 1.82) is 0 Å². The molecule has 130 valence electrons. The first-order chi connectivity index (χ1) is 11.6. The van der Waals surface area contributed by atoms with E-state index in [1.807, 2.05) is 24.4 Å². The molecule has 6 heteroatoms. The average Bonchev–Trinajstić information content (AvgIpc) is 2.98. The topological polar surface area (TPSA) is 66.1 Å². The lowest BCUT2D eigenvalue weighted by Gasteiger charge is -2.35. The summed E-state index contributed by atoms with van der Waals surface area (Å²) in [5.74, 6) is 0.101. The number of hydrogen-bond donors (Lipinski definition) is 3. The van der Waals surface area contributed by atoms with Gasteiger partial charge in [0.05, 0.1) is 12.0 Å². The van der Waals surface area contributed by atoms with Crippen LogP contribution < -0.4 is 10.6 Å². The molecule has 0 unspecified atom stereocenters. The van der Waals surface area contributed by atoms with Gasteiger partial charge in [0.15, 0.2) is 0 Å². The van der Waals surface area contributed by atoms with Crippen molar-refractivity contribution in [2.24, 2.45) is 5.41 Å². The third-order valence-electron chi connectivity index (χ3n) is 4.87. The molecule has 24 heavy (non-hydrogen) atoms. The number of halogens is 1. The van der Waals surface area contributed by atoms with E-state index >= 15 is 0 Å². The SMILES string of the molecule is COCC1(C(=O)NCCc2c[nH]c3ccc(Cl)cc23)CCNCC1. The van der Waals surface area contributed by atoms with Crippen molar-refractivity contribution >= 4 is 28.4 Å². The summed E-state index contributed by atoms with van der Waals surface area (Å²) >= 11 is 6.08. The lowest BCUT2D eigenvalue weighted by Crippen LogP contribution is -2.50. The number of carbonyl (C=O) groups excluding carboxylic acids is 1. The molecule has 5 nitrogen and oxygen atoms in total. The second-order valence-corrected chi connectivity index (χ2v) is 6.91. The fourth-order valence-electron chi connectivity index (χ4n) is 3.47. The number of benzene rings is 1. The minimum atomic E-state index is -0.399. The van der Waals surface area contributed by atoms with Crippen LogP contribution >= 0.6 is 11.6 Å². The Kier molecular flexibility index (Phi) is 5.43. The van der Waals surface area contributed by atoms with Gasteiger partial charge in [0.2, 0.25) is 5.91 Å². The Bertz CT molecular complexity index is 702. The number of fused-ring (bicyclic) bond motifs is 1. The molecule has 2 aromatic rings. The number of piperidine rings is 1. The van der Waals surface area contributed by atoms with Crippen LogP contribution in [0.2, 0.25) is 5.02 Å². The Balaban J connectivity index is 1.62. The van der Waals surface area contributed by atoms with Gasteiger partial charge in [-0.3, -0.25) is 4.79 Å². The summed E-state index contributed by atoms with van der Waals surface area (Å²) < 4.78 is 5.32. The predicted octanol–water partition coefficient (Wildman–Crippen LogP) is 2.50. The fraction of sp³-hybridized carbons (Fsp3) is 0.500. The van der Waals surface area contributed by atoms with E-state index in [1.54, 1.807) is 7.11 Å². The Morgan fingerprint density at radius 2 is 2.17 bits per heavy atom. The van der Waals surface area contributed by atoms with Gasteiger partial charge < -0.3 is 20.4 Å². The number of amides is 1. The van der Waals surface area contributed by atoms with Gasteiger partial charge in [0, 0.05) is 35.8 Å². The highest BCUT2D eigenvalue weighted by Crippen LogP contribution is 2.29. The van der Waals surface area contributed by atoms with Crippen molar-refractivity contribution in [1.82, 2.24) is 15.6 Å². The smallest absolute Gasteiger partial charge is 0.228 e. The zero-order valence-electron chi connectivity index (χ0n) is 14.0. The third-order valence-corrected chi connectivity index (χ3v) is 5.11. The number of aromatic amines is 1. The van der Waals surface area contributed by atoms with Gasteiger partial charge >= 0.3 is 0 Å². The quantitative estimate of drug-likeness (QED) is 0.750. The van der Waals surface area contributed by atoms with E-state index in [9.17, 15) is 4.79 Å². The van der Waals surface area contributed by atoms with Crippen LogP contribution in [0.5, 0.6) is 0 Å². The monoisotopic (exact) mass is 349 g/mol. The lowest BCUT2D eigenvalue weighted by atomic mass is 9.78. The summed E-state index contributed by atoms with van der Waals surface area (Å²) in [6.45, 7) is 2.80. The molecule has 1 fully saturated rings. The van der Waals surface area contributed by atoms with Gasteiger partial charge in [-0.15, -0.1) is 0 Å². The highest BCUT2D eigenvalue weighted by atomic mass is 35.5. The van der Waals surface area contributed by atoms with Crippen LogP contribution in [0.25, 0.3) is 10.9 Å². The van der Waals surface area contributed by atoms with E-state index in [2.05, 4.69) is 15.6 Å². The molecule has 1 aliphatic rings. The first-order valence-corrected chi connectivity index (χ1v) is 8.76. The highest BCUT2D eigenvalue weighted by molar-refractivity contribution is 6.31. The molecule has 3 rings (SSSR count). The number of aromatic nitrogens is 1. The summed E-state index contributed by atoms with van der Waals surface area (Å²) in [7, 11) is 1.66. The molecule has 1 saturated heterocycles. The number of H-pyrrole nitrogens is 1. The molecule has 1 amide bonds. The minimum Gasteiger partial charge on any atom is -0.384 e. The van der Waals surface area contributed by atoms with Gasteiger partial charge in [-0.25, -0.2) is 0 Å². The molecule has 0 radical (unpaired) electrons. The van der Waals surface area contributed by atoms with Crippen LogP contribution in [0.3, 0.4) is 0 Å². The second-order valence-electron chi connectivity index (χ2n) is 6.47. The Morgan fingerprint density at radius 3 is 2.92 bits per heavy atom. The van der Waals surface area contributed by atoms with E-state index < -0.39 is 5.41 Å². The van der Waals surface area contributed by atoms with Gasteiger partial charge in [-0.1, -0.05) is 11.6 Å². The predicted molar refractivity (Wildman–Crippen MR) is 96.4 cm³/mol. The van der Waals surface area contributed by atoms with Crippen LogP contribution in [0.15, 0.2) is 24.4 Å². The normalized spacial score (nSPS) is 17.1. The Labute approximate surface area is 147 Å². The maximum absolute atomic E-state index is 12.7. The number of nitrogens with one attached hydrogen (secondary N) is 3. The van der Waals surface area contributed by atoms with Crippen molar-refractivity contribution in [3.8, 4) is 0 Å². The maximum Gasteiger partial charge on any atom is 0.228 e. The van der Waals surface area contributed by atoms with Crippen molar-refractivity contribution in [3.63, 3.8) is 0 Å². The van der Waals surface area contributed by atoms with Crippen molar-refractivity contribution in [2.75, 3.05) is 33.4 Å². The number of methoxy groups -OCH3 is 1. The fourth-order valence-corrected chi connectivity index (χ4v) is 3.65. The maximum atomic E-state index is 12.7. The van der Waals surface area contributed by atoms with E-state index in [-0.39, 0.29) is 5.91 Å². The van der Waals surface area contributed by atoms with Crippen LogP contribution in [0, 0.1) is 5.41 Å². The molecule has 1 aliphatic heterocycles. The largest absolute Gasteiger partial charge is 0.384 e. The minimum absolute atomic E-state index is 0.101. The van der Waals surface area contributed by atoms with Gasteiger partial charge in [-0.05, 0) is 56.1 Å². The molecule has 2 heterocycles. The first kappa shape index (κ1) is 17.3. The van der Waals surface area contributed by atoms with Crippen LogP contribution in [0.1, 0.15) is 18.4 Å². The summed E-state index contributed by atoms with van der Waals surface area (Å²) in [4.78, 5) is 16.0. The van der Waals surface area contributed by atoms with E-state index in [0.29, 0.717) is 13.2 Å². The van der Waals surface area contributed by atoms with Crippen molar-refractivity contribution in [2.45, 2.75) is 19.3 Å². The highest BCUT2D eigenvalue weighted by Gasteiger charge is 2.39. The molecule has 3 N–H and O–H groups in total.